The molecule has 0 aliphatic carbocycles. The SMILES string of the molecule is O=[N+]([O-])c1ccccc1S(=O)(=O)OCCC(F)(F)C(F)(F)C(F)(F)C(F)(F)C(F)(F)C(F)(F)C(F)(F)C(F)(F)F. The maximum atomic E-state index is 13.8. The zero-order valence-electron chi connectivity index (χ0n) is 18.0. The number of para-hydroxylation sites is 1. The molecule has 0 saturated carbocycles. The van der Waals surface area contributed by atoms with Gasteiger partial charge in [-0.25, -0.2) is 0 Å². The Morgan fingerprint density at radius 1 is 0.650 bits per heavy atom. The second-order valence-corrected chi connectivity index (χ2v) is 8.98. The number of alkyl halides is 17. The first-order valence-electron chi connectivity index (χ1n) is 9.23. The van der Waals surface area contributed by atoms with Crippen molar-refractivity contribution in [2.75, 3.05) is 6.61 Å². The van der Waals surface area contributed by atoms with Gasteiger partial charge in [-0.05, 0) is 6.07 Å². The minimum Gasteiger partial charge on any atom is -0.266 e. The molecule has 0 amide bonds. The summed E-state index contributed by atoms with van der Waals surface area (Å²) in [5, 5.41) is 10.8. The summed E-state index contributed by atoms with van der Waals surface area (Å²) in [5.74, 6) is -58.0. The van der Waals surface area contributed by atoms with Gasteiger partial charge < -0.3 is 0 Å². The minimum absolute atomic E-state index is 0.369. The van der Waals surface area contributed by atoms with Crippen LogP contribution < -0.4 is 0 Å². The highest BCUT2D eigenvalue weighted by atomic mass is 32.2. The standard InChI is InChI=1S/C16H8F17NO5S/c17-9(18,5-6-39-40(37,38)8-4-2-1-3-7(8)34(35)36)10(19,20)11(21,22)12(23,24)13(25,26)14(27,28)15(29,30)16(31,32)33/h1-4H,5-6H2. The Balaban J connectivity index is 3.40. The van der Waals surface area contributed by atoms with Gasteiger partial charge in [0.1, 0.15) is 0 Å². The predicted octanol–water partition coefficient (Wildman–Crippen LogP) is 6.70. The van der Waals surface area contributed by atoms with E-state index in [0.717, 1.165) is 12.1 Å². The van der Waals surface area contributed by atoms with Gasteiger partial charge in [0.2, 0.25) is 0 Å². The van der Waals surface area contributed by atoms with Crippen LogP contribution in [0, 0.1) is 10.1 Å². The second-order valence-electron chi connectivity index (χ2n) is 7.40. The monoisotopic (exact) mass is 649 g/mol. The quantitative estimate of drug-likeness (QED) is 0.109. The van der Waals surface area contributed by atoms with Crippen LogP contribution in [0.1, 0.15) is 6.42 Å². The van der Waals surface area contributed by atoms with Crippen molar-refractivity contribution in [2.45, 2.75) is 59.0 Å². The van der Waals surface area contributed by atoms with Crippen LogP contribution in [0.2, 0.25) is 0 Å². The first-order valence-corrected chi connectivity index (χ1v) is 10.6. The largest absolute Gasteiger partial charge is 0.460 e. The molecule has 0 N–H and O–H groups in total. The maximum absolute atomic E-state index is 13.8. The third-order valence-corrected chi connectivity index (χ3v) is 6.13. The highest BCUT2D eigenvalue weighted by Gasteiger charge is 2.95. The first-order chi connectivity index (χ1) is 17.4. The summed E-state index contributed by atoms with van der Waals surface area (Å²) in [6, 6.07) is 2.44. The molecule has 0 unspecified atom stereocenters. The van der Waals surface area contributed by atoms with E-state index >= 15 is 0 Å². The molecule has 0 heterocycles. The number of hydrogen-bond acceptors (Lipinski definition) is 5. The Morgan fingerprint density at radius 3 is 1.43 bits per heavy atom. The van der Waals surface area contributed by atoms with Crippen molar-refractivity contribution in [1.29, 1.82) is 0 Å². The van der Waals surface area contributed by atoms with E-state index < -0.39 is 86.3 Å². The third-order valence-electron chi connectivity index (χ3n) is 4.77. The molecule has 0 aromatic heterocycles. The highest BCUT2D eigenvalue weighted by Crippen LogP contribution is 2.64. The van der Waals surface area contributed by atoms with E-state index in [-0.39, 0.29) is 0 Å². The summed E-state index contributed by atoms with van der Waals surface area (Å²) in [5.41, 5.74) is -1.33. The zero-order valence-corrected chi connectivity index (χ0v) is 18.9. The molecule has 1 rings (SSSR count). The smallest absolute Gasteiger partial charge is 0.266 e. The normalized spacial score (nSPS) is 15.3. The van der Waals surface area contributed by atoms with Crippen LogP contribution in [-0.2, 0) is 14.3 Å². The molecule has 0 fully saturated rings. The van der Waals surface area contributed by atoms with E-state index in [2.05, 4.69) is 4.18 Å². The summed E-state index contributed by atoms with van der Waals surface area (Å²) in [6.45, 7) is -2.47. The van der Waals surface area contributed by atoms with Crippen LogP contribution in [0.3, 0.4) is 0 Å². The van der Waals surface area contributed by atoms with E-state index in [4.69, 9.17) is 0 Å². The third kappa shape index (κ3) is 5.22. The molecule has 0 atom stereocenters. The van der Waals surface area contributed by atoms with Crippen molar-refractivity contribution in [3.63, 3.8) is 0 Å². The number of hydrogen-bond donors (Lipinski definition) is 0. The van der Waals surface area contributed by atoms with Crippen molar-refractivity contribution in [1.82, 2.24) is 0 Å². The summed E-state index contributed by atoms with van der Waals surface area (Å²) in [7, 11) is -5.61. The molecule has 1 aromatic rings. The first kappa shape index (κ1) is 35.4. The molecule has 24 heteroatoms. The minimum atomic E-state index is -8.80. The average molecular weight is 649 g/mol. The van der Waals surface area contributed by atoms with E-state index in [1.54, 1.807) is 0 Å². The summed E-state index contributed by atoms with van der Waals surface area (Å²) < 4.78 is 252. The molecule has 0 spiro atoms. The van der Waals surface area contributed by atoms with Gasteiger partial charge in [-0.1, -0.05) is 12.1 Å². The molecule has 0 bridgehead atoms. The molecule has 40 heavy (non-hydrogen) atoms. The number of nitro groups is 1. The van der Waals surface area contributed by atoms with Gasteiger partial charge in [0, 0.05) is 12.5 Å². The van der Waals surface area contributed by atoms with E-state index in [0.29, 0.717) is 12.1 Å². The number of nitro benzene ring substituents is 1. The number of halogens is 17. The molecular weight excluding hydrogens is 641 g/mol. The van der Waals surface area contributed by atoms with Crippen LogP contribution in [0.4, 0.5) is 80.3 Å². The van der Waals surface area contributed by atoms with E-state index in [1.165, 1.54) is 0 Å². The predicted molar refractivity (Wildman–Crippen MR) is 91.5 cm³/mol. The molecule has 0 aliphatic rings. The lowest BCUT2D eigenvalue weighted by atomic mass is 9.88. The Labute approximate surface area is 208 Å². The lowest BCUT2D eigenvalue weighted by molar-refractivity contribution is -0.461. The van der Waals surface area contributed by atoms with Crippen molar-refractivity contribution in [3.8, 4) is 0 Å². The van der Waals surface area contributed by atoms with E-state index in [1.807, 2.05) is 0 Å². The topological polar surface area (TPSA) is 86.5 Å². The molecular formula is C16H8F17NO5S. The lowest BCUT2D eigenvalue weighted by Crippen LogP contribution is -2.74. The lowest BCUT2D eigenvalue weighted by Gasteiger charge is -2.42. The van der Waals surface area contributed by atoms with Gasteiger partial charge in [0.15, 0.2) is 4.90 Å². The fourth-order valence-electron chi connectivity index (χ4n) is 2.52. The van der Waals surface area contributed by atoms with Crippen LogP contribution in [0.15, 0.2) is 29.2 Å². The highest BCUT2D eigenvalue weighted by molar-refractivity contribution is 7.87. The molecule has 0 saturated heterocycles. The van der Waals surface area contributed by atoms with Crippen molar-refractivity contribution >= 4 is 15.8 Å². The van der Waals surface area contributed by atoms with Crippen LogP contribution in [0.25, 0.3) is 0 Å². The fourth-order valence-corrected chi connectivity index (χ4v) is 3.59. The number of benzene rings is 1. The molecule has 1 aromatic carbocycles. The maximum Gasteiger partial charge on any atom is 0.460 e. The zero-order chi connectivity index (χ0) is 32.2. The number of nitrogens with zero attached hydrogens (tertiary/aromatic N) is 1. The summed E-state index contributed by atoms with van der Waals surface area (Å²) in [4.78, 5) is 7.93. The Kier molecular flexibility index (Phi) is 8.85. The average Bonchev–Trinajstić information content (AvgIpc) is 2.77. The number of rotatable bonds is 12. The van der Waals surface area contributed by atoms with Gasteiger partial charge >= 0.3 is 57.8 Å². The van der Waals surface area contributed by atoms with Gasteiger partial charge in [-0.15, -0.1) is 0 Å². The van der Waals surface area contributed by atoms with E-state index in [9.17, 15) is 93.2 Å². The molecule has 232 valence electrons. The molecule has 0 aliphatic heterocycles. The van der Waals surface area contributed by atoms with Crippen molar-refractivity contribution in [3.05, 3.63) is 34.4 Å². The fraction of sp³-hybridized carbons (Fsp3) is 0.625. The van der Waals surface area contributed by atoms with Gasteiger partial charge in [-0.2, -0.15) is 83.1 Å². The van der Waals surface area contributed by atoms with Crippen molar-refractivity contribution in [2.24, 2.45) is 0 Å². The van der Waals surface area contributed by atoms with Crippen molar-refractivity contribution < 1.29 is 92.2 Å². The Bertz CT molecular complexity index is 1210. The summed E-state index contributed by atoms with van der Waals surface area (Å²) >= 11 is 0. The second kappa shape index (κ2) is 10.0. The summed E-state index contributed by atoms with van der Waals surface area (Å²) in [6.07, 6.45) is -11.1. The van der Waals surface area contributed by atoms with Gasteiger partial charge in [0.05, 0.1) is 11.5 Å². The molecule has 6 nitrogen and oxygen atoms in total. The van der Waals surface area contributed by atoms with Gasteiger partial charge in [0.25, 0.3) is 5.69 Å². The van der Waals surface area contributed by atoms with Gasteiger partial charge in [-0.3, -0.25) is 14.3 Å². The Morgan fingerprint density at radius 2 is 1.02 bits per heavy atom. The van der Waals surface area contributed by atoms with Crippen LogP contribution in [-0.4, -0.2) is 67.6 Å². The van der Waals surface area contributed by atoms with Crippen LogP contribution in [0.5, 0.6) is 0 Å². The Hall–Kier alpha value is -2.66. The van der Waals surface area contributed by atoms with Crippen LogP contribution >= 0.6 is 0 Å². The molecule has 0 radical (unpaired) electrons.